The van der Waals surface area contributed by atoms with Gasteiger partial charge in [-0.1, -0.05) is 28.1 Å². The van der Waals surface area contributed by atoms with Crippen LogP contribution in [-0.4, -0.2) is 50.0 Å². The van der Waals surface area contributed by atoms with Gasteiger partial charge in [0.15, 0.2) is 0 Å². The molecule has 2 amide bonds. The Morgan fingerprint density at radius 1 is 1.09 bits per heavy atom. The number of carbonyl (C=O) groups is 2. The molecule has 0 saturated carbocycles. The van der Waals surface area contributed by atoms with E-state index in [9.17, 15) is 22.4 Å². The van der Waals surface area contributed by atoms with Crippen molar-refractivity contribution < 1.29 is 22.4 Å². The lowest BCUT2D eigenvalue weighted by Crippen LogP contribution is -2.49. The molecule has 0 aromatic heterocycles. The first-order valence-corrected chi connectivity index (χ1v) is 13.6. The van der Waals surface area contributed by atoms with Crippen LogP contribution < -0.4 is 9.62 Å². The molecule has 0 bridgehead atoms. The predicted molar refractivity (Wildman–Crippen MR) is 135 cm³/mol. The first-order valence-electron chi connectivity index (χ1n) is 11.0. The van der Waals surface area contributed by atoms with E-state index in [4.69, 9.17) is 0 Å². The average molecular weight is 556 g/mol. The lowest BCUT2D eigenvalue weighted by molar-refractivity contribution is -0.140. The second kappa shape index (κ2) is 12.3. The van der Waals surface area contributed by atoms with Gasteiger partial charge in [0.25, 0.3) is 0 Å². The maximum atomic E-state index is 13.3. The van der Waals surface area contributed by atoms with E-state index in [0.717, 1.165) is 20.6 Å². The minimum atomic E-state index is -3.63. The lowest BCUT2D eigenvalue weighted by atomic mass is 10.1. The van der Waals surface area contributed by atoms with Crippen molar-refractivity contribution in [3.63, 3.8) is 0 Å². The smallest absolute Gasteiger partial charge is 0.242 e. The fraction of sp³-hybridized carbons (Fsp3) is 0.417. The summed E-state index contributed by atoms with van der Waals surface area (Å²) in [6.07, 6.45) is 1.34. The number of sulfonamides is 1. The molecule has 1 N–H and O–H groups in total. The van der Waals surface area contributed by atoms with Crippen molar-refractivity contribution in [2.75, 3.05) is 17.1 Å². The molecule has 1 atom stereocenters. The Morgan fingerprint density at radius 2 is 1.74 bits per heavy atom. The minimum Gasteiger partial charge on any atom is -0.352 e. The molecule has 0 unspecified atom stereocenters. The molecule has 0 aliphatic rings. The summed E-state index contributed by atoms with van der Waals surface area (Å²) in [5.74, 6) is -0.995. The summed E-state index contributed by atoms with van der Waals surface area (Å²) in [5, 5.41) is 2.84. The molecule has 0 saturated heterocycles. The number of rotatable bonds is 11. The molecular formula is C24H31BrFN3O4S. The van der Waals surface area contributed by atoms with Gasteiger partial charge in [0, 0.05) is 30.0 Å². The van der Waals surface area contributed by atoms with Crippen molar-refractivity contribution in [1.82, 2.24) is 10.2 Å². The molecule has 0 spiro atoms. The number of nitrogens with zero attached hydrogens (tertiary/aromatic N) is 2. The molecule has 0 fully saturated rings. The van der Waals surface area contributed by atoms with Gasteiger partial charge in [-0.05, 0) is 69.2 Å². The number of hydrogen-bond donors (Lipinski definition) is 1. The molecule has 7 nitrogen and oxygen atoms in total. The van der Waals surface area contributed by atoms with Crippen LogP contribution in [0, 0.1) is 5.82 Å². The zero-order chi connectivity index (χ0) is 25.5. The second-order valence-corrected chi connectivity index (χ2v) is 11.2. The monoisotopic (exact) mass is 555 g/mol. The minimum absolute atomic E-state index is 0.0422. The third kappa shape index (κ3) is 8.39. The van der Waals surface area contributed by atoms with Crippen LogP contribution >= 0.6 is 15.9 Å². The Bertz CT molecular complexity index is 1090. The number of amides is 2. The third-order valence-electron chi connectivity index (χ3n) is 5.11. The van der Waals surface area contributed by atoms with E-state index in [1.165, 1.54) is 29.2 Å². The van der Waals surface area contributed by atoms with Crippen molar-refractivity contribution in [2.24, 2.45) is 0 Å². The number of halogens is 2. The zero-order valence-corrected chi connectivity index (χ0v) is 22.2. The van der Waals surface area contributed by atoms with Crippen molar-refractivity contribution in [3.05, 3.63) is 64.4 Å². The summed E-state index contributed by atoms with van der Waals surface area (Å²) in [4.78, 5) is 27.3. The Hall–Kier alpha value is -2.46. The van der Waals surface area contributed by atoms with E-state index in [2.05, 4.69) is 21.2 Å². The van der Waals surface area contributed by atoms with Crippen LogP contribution in [0.15, 0.2) is 53.0 Å². The van der Waals surface area contributed by atoms with E-state index in [1.807, 2.05) is 38.1 Å². The van der Waals surface area contributed by atoms with E-state index in [0.29, 0.717) is 5.69 Å². The number of anilines is 1. The van der Waals surface area contributed by atoms with Gasteiger partial charge >= 0.3 is 0 Å². The maximum Gasteiger partial charge on any atom is 0.242 e. The fourth-order valence-corrected chi connectivity index (χ4v) is 4.84. The number of nitrogens with one attached hydrogen (secondary N) is 1. The van der Waals surface area contributed by atoms with E-state index >= 15 is 0 Å². The lowest BCUT2D eigenvalue weighted by Gasteiger charge is -2.30. The van der Waals surface area contributed by atoms with Crippen LogP contribution in [-0.2, 0) is 26.2 Å². The summed E-state index contributed by atoms with van der Waals surface area (Å²) in [7, 11) is -3.63. The first-order chi connectivity index (χ1) is 15.9. The number of carbonyl (C=O) groups excluding carboxylic acids is 2. The Labute approximate surface area is 209 Å². The quantitative estimate of drug-likeness (QED) is 0.452. The normalized spacial score (nSPS) is 12.3. The summed E-state index contributed by atoms with van der Waals surface area (Å²) in [6.45, 7) is 5.65. The maximum absolute atomic E-state index is 13.3. The molecule has 0 aliphatic heterocycles. The highest BCUT2D eigenvalue weighted by atomic mass is 79.9. The molecule has 2 aromatic rings. The van der Waals surface area contributed by atoms with Gasteiger partial charge < -0.3 is 10.2 Å². The molecule has 2 rings (SSSR count). The van der Waals surface area contributed by atoms with Crippen LogP contribution in [0.25, 0.3) is 0 Å². The summed E-state index contributed by atoms with van der Waals surface area (Å²) in [6, 6.07) is 11.8. The van der Waals surface area contributed by atoms with Gasteiger partial charge in [0.1, 0.15) is 11.9 Å². The average Bonchev–Trinajstić information content (AvgIpc) is 2.74. The molecule has 0 heterocycles. The van der Waals surface area contributed by atoms with Crippen LogP contribution in [0.2, 0.25) is 0 Å². The molecule has 10 heteroatoms. The molecular weight excluding hydrogens is 525 g/mol. The largest absolute Gasteiger partial charge is 0.352 e. The zero-order valence-electron chi connectivity index (χ0n) is 19.8. The van der Waals surface area contributed by atoms with Gasteiger partial charge in [-0.25, -0.2) is 12.8 Å². The standard InChI is InChI=1S/C24H31BrFN3O4S/c1-17(2)27-24(31)18(3)28(16-19-7-5-8-20(25)15-19)23(30)9-6-14-29(34(4,32)33)22-12-10-21(26)11-13-22/h5,7-8,10-13,15,17-18H,6,9,14,16H2,1-4H3,(H,27,31)/t18-/m1/s1. The van der Waals surface area contributed by atoms with E-state index in [-0.39, 0.29) is 43.8 Å². The molecule has 0 aliphatic carbocycles. The summed E-state index contributed by atoms with van der Waals surface area (Å²) in [5.41, 5.74) is 1.18. The van der Waals surface area contributed by atoms with Crippen molar-refractivity contribution in [3.8, 4) is 0 Å². The Morgan fingerprint density at radius 3 is 2.29 bits per heavy atom. The Balaban J connectivity index is 2.16. The fourth-order valence-electron chi connectivity index (χ4n) is 3.43. The van der Waals surface area contributed by atoms with Gasteiger partial charge in [-0.15, -0.1) is 0 Å². The predicted octanol–water partition coefficient (Wildman–Crippen LogP) is 4.08. The van der Waals surface area contributed by atoms with Crippen molar-refractivity contribution >= 4 is 43.5 Å². The van der Waals surface area contributed by atoms with Crippen molar-refractivity contribution in [1.29, 1.82) is 0 Å². The highest BCUT2D eigenvalue weighted by molar-refractivity contribution is 9.10. The summed E-state index contributed by atoms with van der Waals surface area (Å²) < 4.78 is 39.8. The van der Waals surface area contributed by atoms with Gasteiger partial charge in [0.2, 0.25) is 21.8 Å². The van der Waals surface area contributed by atoms with Gasteiger partial charge in [-0.3, -0.25) is 13.9 Å². The summed E-state index contributed by atoms with van der Waals surface area (Å²) >= 11 is 3.42. The highest BCUT2D eigenvalue weighted by Crippen LogP contribution is 2.20. The molecule has 0 radical (unpaired) electrons. The topological polar surface area (TPSA) is 86.8 Å². The number of benzene rings is 2. The van der Waals surface area contributed by atoms with Crippen molar-refractivity contribution in [2.45, 2.75) is 52.2 Å². The van der Waals surface area contributed by atoms with E-state index in [1.54, 1.807) is 6.92 Å². The Kier molecular flexibility index (Phi) is 10.1. The molecule has 34 heavy (non-hydrogen) atoms. The SMILES string of the molecule is CC(C)NC(=O)[C@@H](C)N(Cc1cccc(Br)c1)C(=O)CCCN(c1ccc(F)cc1)S(C)(=O)=O. The van der Waals surface area contributed by atoms with Crippen LogP contribution in [0.5, 0.6) is 0 Å². The molecule has 2 aromatic carbocycles. The van der Waals surface area contributed by atoms with Crippen LogP contribution in [0.3, 0.4) is 0 Å². The van der Waals surface area contributed by atoms with Gasteiger partial charge in [0.05, 0.1) is 11.9 Å². The van der Waals surface area contributed by atoms with E-state index < -0.39 is 21.9 Å². The van der Waals surface area contributed by atoms with Crippen LogP contribution in [0.1, 0.15) is 39.2 Å². The number of hydrogen-bond acceptors (Lipinski definition) is 4. The third-order valence-corrected chi connectivity index (χ3v) is 6.79. The molecule has 186 valence electrons. The highest BCUT2D eigenvalue weighted by Gasteiger charge is 2.27. The first kappa shape index (κ1) is 27.8. The second-order valence-electron chi connectivity index (χ2n) is 8.41. The van der Waals surface area contributed by atoms with Crippen LogP contribution in [0.4, 0.5) is 10.1 Å². The van der Waals surface area contributed by atoms with Gasteiger partial charge in [-0.2, -0.15) is 0 Å².